The third-order valence-corrected chi connectivity index (χ3v) is 3.79. The van der Waals surface area contributed by atoms with Gasteiger partial charge in [0, 0.05) is 17.9 Å². The van der Waals surface area contributed by atoms with Gasteiger partial charge in [-0.2, -0.15) is 0 Å². The van der Waals surface area contributed by atoms with Gasteiger partial charge in [0.1, 0.15) is 10.8 Å². The molecule has 7 heteroatoms. The Balaban J connectivity index is 2.03. The molecule has 1 heterocycles. The molecule has 0 radical (unpaired) electrons. The van der Waals surface area contributed by atoms with Crippen molar-refractivity contribution in [3.63, 3.8) is 0 Å². The zero-order valence-corrected chi connectivity index (χ0v) is 14.2. The zero-order valence-electron chi connectivity index (χ0n) is 12.7. The minimum Gasteiger partial charge on any atom is -0.438 e. The summed E-state index contributed by atoms with van der Waals surface area (Å²) in [7, 11) is 0. The highest BCUT2D eigenvalue weighted by molar-refractivity contribution is 6.35. The molecular formula is C16H17Cl2N3O2. The SMILES string of the molecule is CC(N)C(C)C(=O)Nc1ccc(Oc2ncc(Cl)cc2Cl)cc1. The molecule has 1 amide bonds. The number of nitrogens with zero attached hydrogens (tertiary/aromatic N) is 1. The topological polar surface area (TPSA) is 77.2 Å². The van der Waals surface area contributed by atoms with Gasteiger partial charge in [0.15, 0.2) is 0 Å². The van der Waals surface area contributed by atoms with Crippen LogP contribution in [0.2, 0.25) is 10.0 Å². The van der Waals surface area contributed by atoms with E-state index in [9.17, 15) is 4.79 Å². The number of ether oxygens (including phenoxy) is 1. The molecule has 3 N–H and O–H groups in total. The van der Waals surface area contributed by atoms with Crippen LogP contribution in [0.5, 0.6) is 11.6 Å². The van der Waals surface area contributed by atoms with E-state index in [-0.39, 0.29) is 23.7 Å². The molecule has 2 unspecified atom stereocenters. The first-order valence-electron chi connectivity index (χ1n) is 7.02. The number of hydrogen-bond acceptors (Lipinski definition) is 4. The average Bonchev–Trinajstić information content (AvgIpc) is 2.51. The van der Waals surface area contributed by atoms with Crippen LogP contribution in [0.1, 0.15) is 13.8 Å². The van der Waals surface area contributed by atoms with Gasteiger partial charge >= 0.3 is 0 Å². The predicted octanol–water partition coefficient (Wildman–Crippen LogP) is 4.10. The second-order valence-corrected chi connectivity index (χ2v) is 6.05. The van der Waals surface area contributed by atoms with E-state index in [1.54, 1.807) is 44.2 Å². The van der Waals surface area contributed by atoms with E-state index in [0.29, 0.717) is 21.5 Å². The first-order chi connectivity index (χ1) is 10.9. The van der Waals surface area contributed by atoms with Crippen molar-refractivity contribution in [1.82, 2.24) is 4.98 Å². The molecule has 0 spiro atoms. The van der Waals surface area contributed by atoms with E-state index < -0.39 is 0 Å². The average molecular weight is 354 g/mol. The van der Waals surface area contributed by atoms with Crippen LogP contribution in [0.3, 0.4) is 0 Å². The second kappa shape index (κ2) is 7.64. The van der Waals surface area contributed by atoms with Crippen LogP contribution in [0.25, 0.3) is 0 Å². The maximum Gasteiger partial charge on any atom is 0.238 e. The minimum absolute atomic E-state index is 0.129. The van der Waals surface area contributed by atoms with Crippen molar-refractivity contribution >= 4 is 34.8 Å². The van der Waals surface area contributed by atoms with Gasteiger partial charge in [-0.1, -0.05) is 30.1 Å². The normalized spacial score (nSPS) is 13.3. The lowest BCUT2D eigenvalue weighted by atomic mass is 10.0. The first-order valence-corrected chi connectivity index (χ1v) is 7.78. The molecule has 1 aromatic heterocycles. The molecule has 0 saturated heterocycles. The number of anilines is 1. The molecule has 0 bridgehead atoms. The second-order valence-electron chi connectivity index (χ2n) is 5.20. The van der Waals surface area contributed by atoms with Crippen molar-refractivity contribution < 1.29 is 9.53 Å². The third kappa shape index (κ3) is 4.82. The molecule has 0 saturated carbocycles. The quantitative estimate of drug-likeness (QED) is 0.847. The number of halogens is 2. The van der Waals surface area contributed by atoms with Crippen molar-refractivity contribution in [2.75, 3.05) is 5.32 Å². The lowest BCUT2D eigenvalue weighted by Gasteiger charge is -2.15. The molecule has 0 fully saturated rings. The van der Waals surface area contributed by atoms with Gasteiger partial charge in [0.05, 0.1) is 10.9 Å². The Bertz CT molecular complexity index is 690. The fourth-order valence-corrected chi connectivity index (χ4v) is 2.11. The van der Waals surface area contributed by atoms with Crippen LogP contribution in [-0.2, 0) is 4.79 Å². The summed E-state index contributed by atoms with van der Waals surface area (Å²) in [5.74, 6) is 0.400. The molecular weight excluding hydrogens is 337 g/mol. The zero-order chi connectivity index (χ0) is 17.0. The van der Waals surface area contributed by atoms with E-state index in [1.807, 2.05) is 0 Å². The molecule has 0 aliphatic carbocycles. The van der Waals surface area contributed by atoms with Gasteiger partial charge in [0.2, 0.25) is 11.8 Å². The number of hydrogen-bond donors (Lipinski definition) is 2. The molecule has 2 rings (SSSR count). The van der Waals surface area contributed by atoms with E-state index in [2.05, 4.69) is 10.3 Å². The van der Waals surface area contributed by atoms with Gasteiger partial charge < -0.3 is 15.8 Å². The number of carbonyl (C=O) groups excluding carboxylic acids is 1. The summed E-state index contributed by atoms with van der Waals surface area (Å²) in [6.45, 7) is 3.58. The van der Waals surface area contributed by atoms with Crippen molar-refractivity contribution in [2.24, 2.45) is 11.7 Å². The summed E-state index contributed by atoms with van der Waals surface area (Å²) < 4.78 is 5.58. The Morgan fingerprint density at radius 2 is 1.91 bits per heavy atom. The molecule has 122 valence electrons. The Morgan fingerprint density at radius 3 is 2.48 bits per heavy atom. The van der Waals surface area contributed by atoms with Gasteiger partial charge in [0.25, 0.3) is 0 Å². The Labute approximate surface area is 144 Å². The smallest absolute Gasteiger partial charge is 0.238 e. The fraction of sp³-hybridized carbons (Fsp3) is 0.250. The number of nitrogens with one attached hydrogen (secondary N) is 1. The number of benzene rings is 1. The van der Waals surface area contributed by atoms with Crippen molar-refractivity contribution in [1.29, 1.82) is 0 Å². The largest absolute Gasteiger partial charge is 0.438 e. The number of rotatable bonds is 5. The standard InChI is InChI=1S/C16H17Cl2N3O2/c1-9(10(2)19)15(22)21-12-3-5-13(6-4-12)23-16-14(18)7-11(17)8-20-16/h3-10H,19H2,1-2H3,(H,21,22). The number of nitrogens with two attached hydrogens (primary N) is 1. The van der Waals surface area contributed by atoms with Crippen LogP contribution >= 0.6 is 23.2 Å². The van der Waals surface area contributed by atoms with Crippen LogP contribution in [0.15, 0.2) is 36.5 Å². The lowest BCUT2D eigenvalue weighted by molar-refractivity contribution is -0.119. The Morgan fingerprint density at radius 1 is 1.26 bits per heavy atom. The first kappa shape index (κ1) is 17.5. The highest BCUT2D eigenvalue weighted by atomic mass is 35.5. The van der Waals surface area contributed by atoms with Crippen molar-refractivity contribution in [3.8, 4) is 11.6 Å². The number of amides is 1. The third-order valence-electron chi connectivity index (χ3n) is 3.31. The lowest BCUT2D eigenvalue weighted by Crippen LogP contribution is -2.34. The minimum atomic E-state index is -0.275. The Hall–Kier alpha value is -1.82. The molecule has 2 aromatic rings. The molecule has 0 aliphatic rings. The van der Waals surface area contributed by atoms with Gasteiger partial charge in [-0.05, 0) is 37.3 Å². The number of pyridine rings is 1. The Kier molecular flexibility index (Phi) is 5.82. The molecule has 5 nitrogen and oxygen atoms in total. The molecule has 1 aromatic carbocycles. The van der Waals surface area contributed by atoms with Gasteiger partial charge in [-0.15, -0.1) is 0 Å². The maximum absolute atomic E-state index is 11.9. The van der Waals surface area contributed by atoms with E-state index in [1.165, 1.54) is 6.20 Å². The fourth-order valence-electron chi connectivity index (χ4n) is 1.69. The summed E-state index contributed by atoms with van der Waals surface area (Å²) in [4.78, 5) is 16.0. The summed E-state index contributed by atoms with van der Waals surface area (Å²) in [5, 5.41) is 3.55. The monoisotopic (exact) mass is 353 g/mol. The van der Waals surface area contributed by atoms with E-state index in [0.717, 1.165) is 0 Å². The van der Waals surface area contributed by atoms with Gasteiger partial charge in [-0.25, -0.2) is 4.98 Å². The summed E-state index contributed by atoms with van der Waals surface area (Å²) in [6.07, 6.45) is 1.45. The molecule has 0 aliphatic heterocycles. The summed E-state index contributed by atoms with van der Waals surface area (Å²) >= 11 is 11.8. The van der Waals surface area contributed by atoms with E-state index >= 15 is 0 Å². The molecule has 23 heavy (non-hydrogen) atoms. The maximum atomic E-state index is 11.9. The highest BCUT2D eigenvalue weighted by Crippen LogP contribution is 2.29. The van der Waals surface area contributed by atoms with Crippen LogP contribution in [0, 0.1) is 5.92 Å². The predicted molar refractivity (Wildman–Crippen MR) is 92.2 cm³/mol. The molecule has 2 atom stereocenters. The number of aromatic nitrogens is 1. The summed E-state index contributed by atoms with van der Waals surface area (Å²) in [5.41, 5.74) is 6.37. The highest BCUT2D eigenvalue weighted by Gasteiger charge is 2.17. The van der Waals surface area contributed by atoms with Crippen molar-refractivity contribution in [3.05, 3.63) is 46.6 Å². The van der Waals surface area contributed by atoms with Crippen LogP contribution in [0.4, 0.5) is 5.69 Å². The summed E-state index contributed by atoms with van der Waals surface area (Å²) in [6, 6.07) is 8.21. The van der Waals surface area contributed by atoms with Gasteiger partial charge in [-0.3, -0.25) is 4.79 Å². The van der Waals surface area contributed by atoms with Crippen LogP contribution in [-0.4, -0.2) is 16.9 Å². The van der Waals surface area contributed by atoms with Crippen molar-refractivity contribution in [2.45, 2.75) is 19.9 Å². The van der Waals surface area contributed by atoms with E-state index in [4.69, 9.17) is 33.7 Å². The van der Waals surface area contributed by atoms with Crippen LogP contribution < -0.4 is 15.8 Å². The number of carbonyl (C=O) groups is 1.